The van der Waals surface area contributed by atoms with Crippen molar-refractivity contribution >= 4 is 22.8 Å². The SMILES string of the molecule is CCC(=O)N(CC(C)(C)CN(C)C)n1cc(-c2ccc(Oc3ccccc3)cc2)c2c(N)ncnc21. The van der Waals surface area contributed by atoms with Crippen LogP contribution in [0.3, 0.4) is 0 Å². The van der Waals surface area contributed by atoms with E-state index in [0.717, 1.165) is 29.2 Å². The molecule has 2 aromatic carbocycles. The predicted molar refractivity (Wildman–Crippen MR) is 145 cm³/mol. The predicted octanol–water partition coefficient (Wildman–Crippen LogP) is 4.94. The van der Waals surface area contributed by atoms with Crippen LogP contribution < -0.4 is 15.5 Å². The Bertz CT molecular complexity index is 1330. The van der Waals surface area contributed by atoms with Crippen LogP contribution in [-0.2, 0) is 4.79 Å². The minimum Gasteiger partial charge on any atom is -0.457 e. The minimum absolute atomic E-state index is 0.00840. The molecule has 8 nitrogen and oxygen atoms in total. The van der Waals surface area contributed by atoms with Crippen molar-refractivity contribution in [3.05, 3.63) is 67.1 Å². The van der Waals surface area contributed by atoms with E-state index in [1.54, 1.807) is 5.01 Å². The maximum absolute atomic E-state index is 13.2. The number of rotatable bonds is 9. The molecule has 0 radical (unpaired) electrons. The molecule has 0 aliphatic rings. The fourth-order valence-electron chi connectivity index (χ4n) is 4.58. The number of fused-ring (bicyclic) bond motifs is 1. The van der Waals surface area contributed by atoms with Gasteiger partial charge in [0, 0.05) is 31.3 Å². The monoisotopic (exact) mass is 486 g/mol. The third-order valence-corrected chi connectivity index (χ3v) is 5.91. The van der Waals surface area contributed by atoms with Crippen LogP contribution in [0.15, 0.2) is 67.1 Å². The zero-order valence-corrected chi connectivity index (χ0v) is 21.6. The summed E-state index contributed by atoms with van der Waals surface area (Å²) in [5.74, 6) is 1.88. The number of benzene rings is 2. The first-order valence-electron chi connectivity index (χ1n) is 12.1. The Kier molecular flexibility index (Phi) is 7.26. The number of nitrogens with zero attached hydrogens (tertiary/aromatic N) is 5. The summed E-state index contributed by atoms with van der Waals surface area (Å²) in [5, 5.41) is 2.49. The molecule has 0 atom stereocenters. The van der Waals surface area contributed by atoms with E-state index < -0.39 is 0 Å². The highest BCUT2D eigenvalue weighted by molar-refractivity contribution is 6.02. The van der Waals surface area contributed by atoms with Crippen molar-refractivity contribution in [2.45, 2.75) is 27.2 Å². The molecule has 2 aromatic heterocycles. The Hall–Kier alpha value is -3.91. The molecule has 0 bridgehead atoms. The van der Waals surface area contributed by atoms with E-state index in [1.807, 2.05) is 86.5 Å². The van der Waals surface area contributed by atoms with Gasteiger partial charge in [-0.3, -0.25) is 4.79 Å². The van der Waals surface area contributed by atoms with Crippen molar-refractivity contribution in [1.82, 2.24) is 19.5 Å². The van der Waals surface area contributed by atoms with Crippen LogP contribution in [-0.4, -0.2) is 52.6 Å². The van der Waals surface area contributed by atoms with E-state index >= 15 is 0 Å². The van der Waals surface area contributed by atoms with Crippen LogP contribution in [0.4, 0.5) is 5.82 Å². The van der Waals surface area contributed by atoms with Gasteiger partial charge in [0.25, 0.3) is 0 Å². The summed E-state index contributed by atoms with van der Waals surface area (Å²) in [6.07, 6.45) is 3.75. The first-order valence-corrected chi connectivity index (χ1v) is 12.1. The maximum Gasteiger partial charge on any atom is 0.241 e. The summed E-state index contributed by atoms with van der Waals surface area (Å²) in [4.78, 5) is 24.1. The van der Waals surface area contributed by atoms with Crippen LogP contribution in [0.5, 0.6) is 11.5 Å². The number of hydrogen-bond acceptors (Lipinski definition) is 6. The van der Waals surface area contributed by atoms with Crippen LogP contribution in [0.1, 0.15) is 27.2 Å². The molecule has 0 unspecified atom stereocenters. The van der Waals surface area contributed by atoms with Crippen LogP contribution >= 0.6 is 0 Å². The maximum atomic E-state index is 13.2. The normalized spacial score (nSPS) is 11.7. The Balaban J connectivity index is 1.76. The lowest BCUT2D eigenvalue weighted by molar-refractivity contribution is -0.120. The van der Waals surface area contributed by atoms with Gasteiger partial charge in [0.2, 0.25) is 5.91 Å². The van der Waals surface area contributed by atoms with Crippen molar-refractivity contribution in [1.29, 1.82) is 0 Å². The van der Waals surface area contributed by atoms with Crippen molar-refractivity contribution in [2.75, 3.05) is 37.9 Å². The average Bonchev–Trinajstić information content (AvgIpc) is 3.23. The van der Waals surface area contributed by atoms with E-state index in [0.29, 0.717) is 29.8 Å². The summed E-state index contributed by atoms with van der Waals surface area (Å²) in [6, 6.07) is 17.4. The summed E-state index contributed by atoms with van der Waals surface area (Å²) in [5.41, 5.74) is 8.57. The molecule has 2 heterocycles. The van der Waals surface area contributed by atoms with Gasteiger partial charge in [-0.15, -0.1) is 0 Å². The summed E-state index contributed by atoms with van der Waals surface area (Å²) in [6.45, 7) is 7.53. The lowest BCUT2D eigenvalue weighted by atomic mass is 9.92. The molecule has 4 rings (SSSR count). The molecular weight excluding hydrogens is 452 g/mol. The zero-order valence-electron chi connectivity index (χ0n) is 21.6. The van der Waals surface area contributed by atoms with Crippen LogP contribution in [0.2, 0.25) is 0 Å². The molecule has 2 N–H and O–H groups in total. The zero-order chi connectivity index (χ0) is 25.9. The number of ether oxygens (including phenoxy) is 1. The number of aromatic nitrogens is 3. The lowest BCUT2D eigenvalue weighted by Crippen LogP contribution is -2.48. The Morgan fingerprint density at radius 2 is 1.67 bits per heavy atom. The highest BCUT2D eigenvalue weighted by Crippen LogP contribution is 2.35. The summed E-state index contributed by atoms with van der Waals surface area (Å²) >= 11 is 0. The number of para-hydroxylation sites is 1. The number of hydrogen-bond donors (Lipinski definition) is 1. The molecule has 0 fully saturated rings. The summed E-state index contributed by atoms with van der Waals surface area (Å²) < 4.78 is 7.78. The minimum atomic E-state index is -0.153. The second-order valence-electron chi connectivity index (χ2n) is 9.99. The number of nitrogens with two attached hydrogens (primary N) is 1. The Morgan fingerprint density at radius 1 is 1.00 bits per heavy atom. The highest BCUT2D eigenvalue weighted by atomic mass is 16.5. The van der Waals surface area contributed by atoms with Crippen molar-refractivity contribution in [3.8, 4) is 22.6 Å². The second kappa shape index (κ2) is 10.4. The Morgan fingerprint density at radius 3 is 2.31 bits per heavy atom. The van der Waals surface area contributed by atoms with Gasteiger partial charge < -0.3 is 15.4 Å². The second-order valence-corrected chi connectivity index (χ2v) is 9.99. The molecule has 0 saturated carbocycles. The van der Waals surface area contributed by atoms with Crippen molar-refractivity contribution < 1.29 is 9.53 Å². The first-order chi connectivity index (χ1) is 17.2. The summed E-state index contributed by atoms with van der Waals surface area (Å²) in [7, 11) is 4.08. The molecular formula is C28H34N6O2. The highest BCUT2D eigenvalue weighted by Gasteiger charge is 2.28. The molecule has 188 valence electrons. The van der Waals surface area contributed by atoms with Gasteiger partial charge in [-0.2, -0.15) is 0 Å². The number of amides is 1. The smallest absolute Gasteiger partial charge is 0.241 e. The van der Waals surface area contributed by atoms with E-state index in [4.69, 9.17) is 10.5 Å². The van der Waals surface area contributed by atoms with Gasteiger partial charge in [0.1, 0.15) is 23.6 Å². The van der Waals surface area contributed by atoms with E-state index in [2.05, 4.69) is 28.7 Å². The van der Waals surface area contributed by atoms with E-state index in [-0.39, 0.29) is 11.3 Å². The van der Waals surface area contributed by atoms with Crippen LogP contribution in [0.25, 0.3) is 22.2 Å². The number of anilines is 1. The van der Waals surface area contributed by atoms with Gasteiger partial charge in [0.15, 0.2) is 5.65 Å². The molecule has 36 heavy (non-hydrogen) atoms. The molecule has 0 saturated heterocycles. The van der Waals surface area contributed by atoms with Crippen LogP contribution in [0, 0.1) is 5.41 Å². The number of nitrogen functional groups attached to an aromatic ring is 1. The fraction of sp³-hybridized carbons (Fsp3) is 0.321. The molecule has 1 amide bonds. The van der Waals surface area contributed by atoms with Gasteiger partial charge >= 0.3 is 0 Å². The topological polar surface area (TPSA) is 89.5 Å². The van der Waals surface area contributed by atoms with Gasteiger partial charge in [0.05, 0.1) is 5.39 Å². The quantitative estimate of drug-likeness (QED) is 0.361. The average molecular weight is 487 g/mol. The fourth-order valence-corrected chi connectivity index (χ4v) is 4.58. The lowest BCUT2D eigenvalue weighted by Gasteiger charge is -2.35. The largest absolute Gasteiger partial charge is 0.457 e. The van der Waals surface area contributed by atoms with Gasteiger partial charge in [-0.05, 0) is 49.3 Å². The third kappa shape index (κ3) is 5.49. The van der Waals surface area contributed by atoms with Crippen molar-refractivity contribution in [3.63, 3.8) is 0 Å². The third-order valence-electron chi connectivity index (χ3n) is 5.91. The molecule has 8 heteroatoms. The molecule has 0 aliphatic carbocycles. The van der Waals surface area contributed by atoms with E-state index in [9.17, 15) is 4.79 Å². The van der Waals surface area contributed by atoms with Gasteiger partial charge in [-0.25, -0.2) is 19.7 Å². The number of carbonyl (C=O) groups excluding carboxylic acids is 1. The molecule has 0 spiro atoms. The standard InChI is InChI=1S/C28H34N6O2/c1-6-24(35)34(18-28(2,3)17-32(4)5)33-16-23(25-26(29)30-19-31-27(25)33)20-12-14-22(15-13-20)36-21-10-8-7-9-11-21/h7-16,19H,6,17-18H2,1-5H3,(H2,29,30,31). The Labute approximate surface area is 212 Å². The number of carbonyl (C=O) groups is 1. The molecule has 0 aliphatic heterocycles. The van der Waals surface area contributed by atoms with E-state index in [1.165, 1.54) is 6.33 Å². The van der Waals surface area contributed by atoms with Gasteiger partial charge in [-0.1, -0.05) is 51.1 Å². The first kappa shape index (κ1) is 25.2. The van der Waals surface area contributed by atoms with Crippen molar-refractivity contribution in [2.24, 2.45) is 5.41 Å². The molecule has 4 aromatic rings.